The molecule has 0 N–H and O–H groups in total. The third kappa shape index (κ3) is 2.79. The van der Waals surface area contributed by atoms with Crippen LogP contribution in [0.5, 0.6) is 0 Å². The average Bonchev–Trinajstić information content (AvgIpc) is 2.27. The lowest BCUT2D eigenvalue weighted by molar-refractivity contribution is 0.397. The van der Waals surface area contributed by atoms with Gasteiger partial charge in [-0.05, 0) is 23.3 Å². The second-order valence-corrected chi connectivity index (χ2v) is 4.08. The molecule has 0 amide bonds. The Kier molecular flexibility index (Phi) is 4.55. The Bertz CT molecular complexity index is 308. The van der Waals surface area contributed by atoms with E-state index in [1.54, 1.807) is 7.11 Å². The molecule has 14 heavy (non-hydrogen) atoms. The van der Waals surface area contributed by atoms with Gasteiger partial charge in [-0.1, -0.05) is 47.1 Å². The van der Waals surface area contributed by atoms with E-state index in [9.17, 15) is 0 Å². The van der Waals surface area contributed by atoms with E-state index in [1.165, 1.54) is 11.1 Å². The number of ether oxygens (including phenoxy) is 1. The standard InChI is InChI=1S/C11H13BrOS/c1-8(11(14)13-2)10-5-3-9(7-12)4-6-10/h3-6,8H,7H2,1-2H3. The van der Waals surface area contributed by atoms with Crippen molar-refractivity contribution in [3.8, 4) is 0 Å². The van der Waals surface area contributed by atoms with Crippen LogP contribution >= 0.6 is 28.1 Å². The first-order chi connectivity index (χ1) is 6.69. The normalized spacial score (nSPS) is 12.2. The Morgan fingerprint density at radius 3 is 2.43 bits per heavy atom. The van der Waals surface area contributed by atoms with Crippen LogP contribution in [-0.4, -0.2) is 12.2 Å². The fraction of sp³-hybridized carbons (Fsp3) is 0.364. The summed E-state index contributed by atoms with van der Waals surface area (Å²) in [5, 5.41) is 1.52. The zero-order chi connectivity index (χ0) is 10.6. The number of halogens is 1. The maximum absolute atomic E-state index is 5.09. The van der Waals surface area contributed by atoms with Gasteiger partial charge in [0.25, 0.3) is 0 Å². The van der Waals surface area contributed by atoms with E-state index in [0.717, 1.165) is 5.33 Å². The van der Waals surface area contributed by atoms with Crippen LogP contribution in [0.3, 0.4) is 0 Å². The molecule has 0 fully saturated rings. The molecule has 1 rings (SSSR count). The summed E-state index contributed by atoms with van der Waals surface area (Å²) >= 11 is 8.50. The molecule has 0 aliphatic carbocycles. The van der Waals surface area contributed by atoms with Crippen molar-refractivity contribution in [3.63, 3.8) is 0 Å². The van der Waals surface area contributed by atoms with Crippen LogP contribution < -0.4 is 0 Å². The van der Waals surface area contributed by atoms with E-state index in [2.05, 4.69) is 47.1 Å². The zero-order valence-corrected chi connectivity index (χ0v) is 10.7. The molecule has 0 saturated heterocycles. The highest BCUT2D eigenvalue weighted by molar-refractivity contribution is 9.08. The van der Waals surface area contributed by atoms with Gasteiger partial charge in [0.15, 0.2) is 5.05 Å². The summed E-state index contributed by atoms with van der Waals surface area (Å²) in [5.74, 6) is 0.180. The van der Waals surface area contributed by atoms with Gasteiger partial charge in [-0.3, -0.25) is 0 Å². The summed E-state index contributed by atoms with van der Waals surface area (Å²) in [6, 6.07) is 8.37. The van der Waals surface area contributed by atoms with E-state index >= 15 is 0 Å². The summed E-state index contributed by atoms with van der Waals surface area (Å²) in [6.07, 6.45) is 0. The summed E-state index contributed by atoms with van der Waals surface area (Å²) < 4.78 is 5.05. The summed E-state index contributed by atoms with van der Waals surface area (Å²) in [7, 11) is 1.62. The lowest BCUT2D eigenvalue weighted by atomic mass is 10.0. The number of hydrogen-bond acceptors (Lipinski definition) is 2. The molecule has 76 valence electrons. The predicted octanol–water partition coefficient (Wildman–Crippen LogP) is 3.66. The number of methoxy groups -OCH3 is 1. The first-order valence-electron chi connectivity index (χ1n) is 4.41. The van der Waals surface area contributed by atoms with Gasteiger partial charge in [-0.25, -0.2) is 0 Å². The predicted molar refractivity (Wildman–Crippen MR) is 67.1 cm³/mol. The van der Waals surface area contributed by atoms with Crippen LogP contribution in [0.1, 0.15) is 24.0 Å². The van der Waals surface area contributed by atoms with Gasteiger partial charge in [-0.2, -0.15) is 0 Å². The third-order valence-electron chi connectivity index (χ3n) is 2.19. The van der Waals surface area contributed by atoms with Gasteiger partial charge in [-0.15, -0.1) is 0 Å². The number of benzene rings is 1. The topological polar surface area (TPSA) is 9.23 Å². The summed E-state index contributed by atoms with van der Waals surface area (Å²) in [5.41, 5.74) is 2.46. The van der Waals surface area contributed by atoms with Crippen molar-refractivity contribution >= 4 is 33.2 Å². The van der Waals surface area contributed by atoms with E-state index in [1.807, 2.05) is 0 Å². The molecule has 0 saturated carbocycles. The highest BCUT2D eigenvalue weighted by atomic mass is 79.9. The Morgan fingerprint density at radius 1 is 1.43 bits per heavy atom. The van der Waals surface area contributed by atoms with E-state index < -0.39 is 0 Å². The number of thiocarbonyl (C=S) groups is 1. The molecule has 1 unspecified atom stereocenters. The van der Waals surface area contributed by atoms with Crippen molar-refractivity contribution in [2.75, 3.05) is 7.11 Å². The van der Waals surface area contributed by atoms with Gasteiger partial charge in [0.2, 0.25) is 0 Å². The molecule has 0 aliphatic rings. The van der Waals surface area contributed by atoms with Crippen molar-refractivity contribution in [1.29, 1.82) is 0 Å². The minimum atomic E-state index is 0.180. The van der Waals surface area contributed by atoms with E-state index in [-0.39, 0.29) is 5.92 Å². The van der Waals surface area contributed by atoms with Crippen LogP contribution in [0.4, 0.5) is 0 Å². The van der Waals surface area contributed by atoms with Gasteiger partial charge in [0.1, 0.15) is 0 Å². The number of hydrogen-bond donors (Lipinski definition) is 0. The van der Waals surface area contributed by atoms with Crippen LogP contribution in [0.25, 0.3) is 0 Å². The van der Waals surface area contributed by atoms with Crippen molar-refractivity contribution in [2.24, 2.45) is 0 Å². The molecular formula is C11H13BrOS. The van der Waals surface area contributed by atoms with Crippen molar-refractivity contribution in [1.82, 2.24) is 0 Å². The molecule has 0 radical (unpaired) electrons. The Balaban J connectivity index is 2.81. The Labute approximate surface area is 98.6 Å². The minimum absolute atomic E-state index is 0.180. The number of rotatable bonds is 3. The van der Waals surface area contributed by atoms with Gasteiger partial charge >= 0.3 is 0 Å². The van der Waals surface area contributed by atoms with Crippen LogP contribution in [-0.2, 0) is 10.1 Å². The van der Waals surface area contributed by atoms with Crippen LogP contribution in [0.15, 0.2) is 24.3 Å². The monoisotopic (exact) mass is 272 g/mol. The molecule has 0 aromatic heterocycles. The first kappa shape index (κ1) is 11.7. The fourth-order valence-electron chi connectivity index (χ4n) is 1.21. The molecular weight excluding hydrogens is 260 g/mol. The van der Waals surface area contributed by atoms with E-state index in [4.69, 9.17) is 17.0 Å². The maximum atomic E-state index is 5.09. The Hall–Kier alpha value is -0.410. The maximum Gasteiger partial charge on any atom is 0.166 e. The second-order valence-electron chi connectivity index (χ2n) is 3.12. The third-order valence-corrected chi connectivity index (χ3v) is 3.36. The van der Waals surface area contributed by atoms with E-state index in [0.29, 0.717) is 5.05 Å². The fourth-order valence-corrected chi connectivity index (χ4v) is 1.72. The van der Waals surface area contributed by atoms with Gasteiger partial charge < -0.3 is 4.74 Å². The molecule has 1 atom stereocenters. The molecule has 3 heteroatoms. The molecule has 0 aliphatic heterocycles. The SMILES string of the molecule is COC(=S)C(C)c1ccc(CBr)cc1. The average molecular weight is 273 g/mol. The molecule has 0 bridgehead atoms. The lowest BCUT2D eigenvalue weighted by Gasteiger charge is -2.12. The highest BCUT2D eigenvalue weighted by Crippen LogP contribution is 2.18. The zero-order valence-electron chi connectivity index (χ0n) is 8.29. The van der Waals surface area contributed by atoms with Crippen LogP contribution in [0.2, 0.25) is 0 Å². The lowest BCUT2D eigenvalue weighted by Crippen LogP contribution is -2.08. The van der Waals surface area contributed by atoms with Crippen molar-refractivity contribution in [2.45, 2.75) is 18.2 Å². The molecule has 1 aromatic carbocycles. The van der Waals surface area contributed by atoms with Crippen LogP contribution in [0, 0.1) is 0 Å². The van der Waals surface area contributed by atoms with Crippen molar-refractivity contribution in [3.05, 3.63) is 35.4 Å². The van der Waals surface area contributed by atoms with Gasteiger partial charge in [0.05, 0.1) is 7.11 Å². The molecule has 1 aromatic rings. The molecule has 1 nitrogen and oxygen atoms in total. The van der Waals surface area contributed by atoms with Gasteiger partial charge in [0, 0.05) is 11.2 Å². The summed E-state index contributed by atoms with van der Waals surface area (Å²) in [6.45, 7) is 2.05. The summed E-state index contributed by atoms with van der Waals surface area (Å²) in [4.78, 5) is 0. The molecule has 0 heterocycles. The quantitative estimate of drug-likeness (QED) is 0.614. The Morgan fingerprint density at radius 2 is 2.00 bits per heavy atom. The highest BCUT2D eigenvalue weighted by Gasteiger charge is 2.10. The number of alkyl halides is 1. The van der Waals surface area contributed by atoms with Crippen molar-refractivity contribution < 1.29 is 4.74 Å². The second kappa shape index (κ2) is 5.47. The molecule has 0 spiro atoms. The first-order valence-corrected chi connectivity index (χ1v) is 5.94. The minimum Gasteiger partial charge on any atom is -0.490 e. The smallest absolute Gasteiger partial charge is 0.166 e. The largest absolute Gasteiger partial charge is 0.490 e.